The molecule has 0 aliphatic carbocycles. The molecule has 0 aromatic rings. The molecule has 0 aromatic carbocycles. The smallest absolute Gasteiger partial charge is 0.267 e. The van der Waals surface area contributed by atoms with Crippen LogP contribution in [0, 0.1) is 0 Å². The van der Waals surface area contributed by atoms with E-state index in [0.717, 1.165) is 11.0 Å². The van der Waals surface area contributed by atoms with Crippen molar-refractivity contribution in [1.82, 2.24) is 0 Å². The first kappa shape index (κ1) is 12.9. The summed E-state index contributed by atoms with van der Waals surface area (Å²) < 4.78 is 9.51. The quantitative estimate of drug-likeness (QED) is 0.518. The van der Waals surface area contributed by atoms with Crippen LogP contribution < -0.4 is 0 Å². The molecule has 5 heteroatoms. The van der Waals surface area contributed by atoms with Gasteiger partial charge in [0, 0.05) is 0 Å². The first-order valence-electron chi connectivity index (χ1n) is 2.83. The lowest BCUT2D eigenvalue weighted by Gasteiger charge is -2.21. The van der Waals surface area contributed by atoms with Crippen LogP contribution in [0.5, 0.6) is 0 Å². The van der Waals surface area contributed by atoms with E-state index >= 15 is 0 Å². The Morgan fingerprint density at radius 3 is 1.80 bits per heavy atom. The zero-order valence-electron chi connectivity index (χ0n) is 6.54. The van der Waals surface area contributed by atoms with Gasteiger partial charge in [0.1, 0.15) is 6.54 Å². The lowest BCUT2D eigenvalue weighted by Crippen LogP contribution is -2.36. The molecule has 0 spiro atoms. The van der Waals surface area contributed by atoms with E-state index in [0.29, 0.717) is 0 Å². The van der Waals surface area contributed by atoms with Gasteiger partial charge in [0.2, 0.25) is 0 Å². The highest BCUT2D eigenvalue weighted by molar-refractivity contribution is 7.57. The molecule has 0 saturated heterocycles. The predicted molar refractivity (Wildman–Crippen MR) is 43.4 cm³/mol. The minimum atomic E-state index is -0.361. The van der Waals surface area contributed by atoms with E-state index in [2.05, 4.69) is 32.4 Å². The summed E-state index contributed by atoms with van der Waals surface area (Å²) in [5.74, 6) is 0. The second-order valence-electron chi connectivity index (χ2n) is 2.81. The van der Waals surface area contributed by atoms with Gasteiger partial charge < -0.3 is 9.59 Å². The molecule has 0 unspecified atom stereocenters. The number of aliphatic hydroxyl groups is 1. The highest BCUT2D eigenvalue weighted by Crippen LogP contribution is 1.92. The minimum Gasteiger partial charge on any atom is -0.391 e. The van der Waals surface area contributed by atoms with Gasteiger partial charge in [-0.2, -0.15) is 0 Å². The van der Waals surface area contributed by atoms with Crippen LogP contribution >= 0.6 is 19.1 Å². The molecule has 0 fully saturated rings. The molecule has 0 aliphatic heterocycles. The van der Waals surface area contributed by atoms with Gasteiger partial charge in [-0.05, 0) is 11.2 Å². The van der Waals surface area contributed by atoms with Crippen LogP contribution in [-0.4, -0.2) is 43.9 Å². The van der Waals surface area contributed by atoms with Crippen molar-refractivity contribution >= 4 is 19.1 Å². The number of rotatable bonds is 2. The fourth-order valence-corrected chi connectivity index (χ4v) is 0.300. The van der Waals surface area contributed by atoms with Gasteiger partial charge in [-0.3, -0.25) is 4.57 Å². The van der Waals surface area contributed by atoms with Crippen LogP contribution in [0.15, 0.2) is 0 Å². The number of halogens is 1. The fourth-order valence-electron chi connectivity index (χ4n) is 0.300. The average Bonchev–Trinajstić information content (AvgIpc) is 1.63. The van der Waals surface area contributed by atoms with Crippen molar-refractivity contribution in [2.75, 3.05) is 34.3 Å². The highest BCUT2D eigenvalue weighted by atomic mass is 35.7. The second-order valence-corrected chi connectivity index (χ2v) is 3.36. The number of aliphatic hydroxyl groups excluding tert-OH is 1. The molecule has 0 radical (unpaired) electrons. The Kier molecular flexibility index (Phi) is 9.60. The van der Waals surface area contributed by atoms with Gasteiger partial charge >= 0.3 is 0 Å². The monoisotopic (exact) mass is 186 g/mol. The van der Waals surface area contributed by atoms with E-state index in [9.17, 15) is 0 Å². The Bertz CT molecular complexity index is 84.2. The van der Waals surface area contributed by atoms with E-state index in [1.807, 2.05) is 0 Å². The lowest BCUT2D eigenvalue weighted by atomic mass is 10.5. The predicted octanol–water partition coefficient (Wildman–Crippen LogP) is 1.12. The van der Waals surface area contributed by atoms with E-state index in [1.165, 1.54) is 0 Å². The summed E-state index contributed by atoms with van der Waals surface area (Å²) >= 11 is 4.42. The maximum Gasteiger partial charge on any atom is 0.267 e. The van der Waals surface area contributed by atoms with Crippen molar-refractivity contribution < 1.29 is 14.2 Å². The molecular weight excluding hydrogens is 172 g/mol. The standard InChI is InChI=1S/C5H14NO.ClOP/c1-6(2,3)4-5-7;1-3-2/h7H,4-5H2,1-3H3;/q+1;. The van der Waals surface area contributed by atoms with Crippen LogP contribution in [0.1, 0.15) is 0 Å². The lowest BCUT2D eigenvalue weighted by molar-refractivity contribution is -0.870. The molecule has 0 saturated carbocycles. The van der Waals surface area contributed by atoms with Crippen LogP contribution in [0.4, 0.5) is 0 Å². The number of hydrogen-bond donors (Lipinski definition) is 1. The Hall–Kier alpha value is 0.310. The summed E-state index contributed by atoms with van der Waals surface area (Å²) in [6, 6.07) is 0. The van der Waals surface area contributed by atoms with Crippen LogP contribution in [0.25, 0.3) is 0 Å². The summed E-state index contributed by atoms with van der Waals surface area (Å²) in [5, 5.41) is 8.39. The summed E-state index contributed by atoms with van der Waals surface area (Å²) in [6.07, 6.45) is 0. The van der Waals surface area contributed by atoms with Gasteiger partial charge in [0.25, 0.3) is 7.81 Å². The Balaban J connectivity index is 0. The molecule has 0 aliphatic rings. The van der Waals surface area contributed by atoms with E-state index < -0.39 is 0 Å². The van der Waals surface area contributed by atoms with Crippen LogP contribution in [0.3, 0.4) is 0 Å². The fraction of sp³-hybridized carbons (Fsp3) is 1.00. The number of likely N-dealkylation sites (N-methyl/N-ethyl adjacent to an activating group) is 1. The summed E-state index contributed by atoms with van der Waals surface area (Å²) in [5.41, 5.74) is 0. The van der Waals surface area contributed by atoms with Crippen molar-refractivity contribution in [2.24, 2.45) is 0 Å². The largest absolute Gasteiger partial charge is 0.391 e. The molecule has 1 N–H and O–H groups in total. The minimum absolute atomic E-state index is 0.281. The van der Waals surface area contributed by atoms with Crippen molar-refractivity contribution in [1.29, 1.82) is 0 Å². The molecule has 62 valence electrons. The first-order valence-corrected chi connectivity index (χ1v) is 4.54. The van der Waals surface area contributed by atoms with Crippen LogP contribution in [0.2, 0.25) is 0 Å². The van der Waals surface area contributed by atoms with Crippen molar-refractivity contribution in [3.63, 3.8) is 0 Å². The number of nitrogens with zero attached hydrogens (tertiary/aromatic N) is 1. The van der Waals surface area contributed by atoms with Gasteiger partial charge in [-0.1, -0.05) is 0 Å². The SMILES string of the molecule is C[N+](C)(C)CCO.O=PCl. The summed E-state index contributed by atoms with van der Waals surface area (Å²) in [7, 11) is 5.79. The molecule has 10 heavy (non-hydrogen) atoms. The maximum atomic E-state index is 8.67. The third-order valence-corrected chi connectivity index (χ3v) is 0.771. The molecular formula is C5H14ClNO2P+. The van der Waals surface area contributed by atoms with Gasteiger partial charge in [0.15, 0.2) is 0 Å². The molecule has 3 nitrogen and oxygen atoms in total. The normalized spacial score (nSPS) is 10.5. The van der Waals surface area contributed by atoms with Gasteiger partial charge in [-0.25, -0.2) is 0 Å². The number of quaternary nitrogens is 1. The summed E-state index contributed by atoms with van der Waals surface area (Å²) in [4.78, 5) is 0. The molecule has 0 rings (SSSR count). The Morgan fingerprint density at radius 1 is 1.50 bits per heavy atom. The van der Waals surface area contributed by atoms with E-state index in [-0.39, 0.29) is 14.4 Å². The highest BCUT2D eigenvalue weighted by Gasteiger charge is 2.02. The molecule has 0 aromatic heterocycles. The Labute approximate surface area is 68.2 Å². The molecule has 0 heterocycles. The molecule has 0 atom stereocenters. The summed E-state index contributed by atoms with van der Waals surface area (Å²) in [6.45, 7) is 1.11. The van der Waals surface area contributed by atoms with Gasteiger partial charge in [-0.15, -0.1) is 0 Å². The van der Waals surface area contributed by atoms with Crippen molar-refractivity contribution in [3.05, 3.63) is 0 Å². The third-order valence-electron chi connectivity index (χ3n) is 0.771. The van der Waals surface area contributed by atoms with Gasteiger partial charge in [0.05, 0.1) is 27.7 Å². The zero-order valence-corrected chi connectivity index (χ0v) is 8.19. The van der Waals surface area contributed by atoms with E-state index in [4.69, 9.17) is 9.67 Å². The topological polar surface area (TPSA) is 37.3 Å². The van der Waals surface area contributed by atoms with Crippen molar-refractivity contribution in [2.45, 2.75) is 0 Å². The molecule has 0 bridgehead atoms. The Morgan fingerprint density at radius 2 is 1.80 bits per heavy atom. The molecule has 0 amide bonds. The van der Waals surface area contributed by atoms with E-state index in [1.54, 1.807) is 0 Å². The third kappa shape index (κ3) is 23.9. The van der Waals surface area contributed by atoms with Crippen LogP contribution in [-0.2, 0) is 4.57 Å². The average molecular weight is 187 g/mol. The number of hydrogen-bond acceptors (Lipinski definition) is 2. The first-order chi connectivity index (χ1) is 4.47. The maximum absolute atomic E-state index is 8.67. The van der Waals surface area contributed by atoms with Crippen molar-refractivity contribution in [3.8, 4) is 0 Å². The zero-order chi connectivity index (χ0) is 8.62. The second kappa shape index (κ2) is 7.42.